The lowest BCUT2D eigenvalue weighted by Crippen LogP contribution is -2.10. The van der Waals surface area contributed by atoms with Crippen LogP contribution in [0, 0.1) is 12.7 Å². The second-order valence-electron chi connectivity index (χ2n) is 6.71. The van der Waals surface area contributed by atoms with E-state index in [1.807, 2.05) is 0 Å². The van der Waals surface area contributed by atoms with E-state index < -0.39 is 23.7 Å². The van der Waals surface area contributed by atoms with E-state index in [-0.39, 0.29) is 45.4 Å². The number of nitrogens with two attached hydrogens (primary N) is 1. The summed E-state index contributed by atoms with van der Waals surface area (Å²) in [5.41, 5.74) is 4.81. The van der Waals surface area contributed by atoms with Crippen molar-refractivity contribution in [2.24, 2.45) is 0 Å². The Morgan fingerprint density at radius 2 is 1.84 bits per heavy atom. The molecule has 3 heterocycles. The maximum Gasteiger partial charge on any atom is 0.433 e. The molecule has 0 aliphatic carbocycles. The molecule has 0 atom stereocenters. The van der Waals surface area contributed by atoms with Crippen molar-refractivity contribution < 1.29 is 27.5 Å². The molecule has 158 valence electrons. The van der Waals surface area contributed by atoms with Gasteiger partial charge in [-0.05, 0) is 31.2 Å². The molecule has 0 amide bonds. The van der Waals surface area contributed by atoms with Gasteiger partial charge >= 0.3 is 12.1 Å². The molecule has 0 aliphatic heterocycles. The molecule has 1 aromatic carbocycles. The minimum Gasteiger partial charge on any atom is -0.476 e. The highest BCUT2D eigenvalue weighted by molar-refractivity contribution is 5.89. The summed E-state index contributed by atoms with van der Waals surface area (Å²) in [6, 6.07) is 7.45. The number of carbonyl (C=O) groups is 1. The number of pyridine rings is 1. The molecule has 4 rings (SSSR count). The molecule has 3 N–H and O–H groups in total. The number of carboxylic acids is 1. The average molecular weight is 431 g/mol. The largest absolute Gasteiger partial charge is 0.476 e. The molecule has 0 fully saturated rings. The Labute approximate surface area is 171 Å². The monoisotopic (exact) mass is 431 g/mol. The van der Waals surface area contributed by atoms with E-state index in [0.717, 1.165) is 18.3 Å². The minimum atomic E-state index is -4.72. The number of aromatic nitrogens is 4. The first-order valence-corrected chi connectivity index (χ1v) is 8.78. The van der Waals surface area contributed by atoms with Gasteiger partial charge in [-0.1, -0.05) is 12.1 Å². The molecule has 0 bridgehead atoms. The van der Waals surface area contributed by atoms with Gasteiger partial charge in [0.05, 0.1) is 11.4 Å². The molecule has 31 heavy (non-hydrogen) atoms. The minimum absolute atomic E-state index is 0.0333. The maximum atomic E-state index is 13.9. The summed E-state index contributed by atoms with van der Waals surface area (Å²) in [5, 5.41) is 9.31. The molecule has 0 radical (unpaired) electrons. The number of halogens is 4. The van der Waals surface area contributed by atoms with Crippen LogP contribution in [0.4, 0.5) is 23.4 Å². The van der Waals surface area contributed by atoms with Gasteiger partial charge in [0.1, 0.15) is 11.5 Å². The third-order valence-electron chi connectivity index (χ3n) is 4.47. The lowest BCUT2D eigenvalue weighted by atomic mass is 10.0. The van der Waals surface area contributed by atoms with Crippen molar-refractivity contribution in [3.05, 3.63) is 65.5 Å². The molecule has 0 saturated carbocycles. The number of aryl methyl sites for hydroxylation is 1. The quantitative estimate of drug-likeness (QED) is 0.471. The Morgan fingerprint density at radius 1 is 1.10 bits per heavy atom. The number of imidazole rings is 1. The zero-order valence-electron chi connectivity index (χ0n) is 15.8. The van der Waals surface area contributed by atoms with Crippen LogP contribution in [0.1, 0.15) is 21.9 Å². The number of benzene rings is 1. The summed E-state index contributed by atoms with van der Waals surface area (Å²) in [7, 11) is 0. The van der Waals surface area contributed by atoms with Crippen LogP contribution in [-0.2, 0) is 6.18 Å². The first kappa shape index (κ1) is 20.3. The zero-order valence-corrected chi connectivity index (χ0v) is 15.8. The van der Waals surface area contributed by atoms with Gasteiger partial charge in [0.2, 0.25) is 0 Å². The van der Waals surface area contributed by atoms with E-state index >= 15 is 0 Å². The lowest BCUT2D eigenvalue weighted by molar-refractivity contribution is -0.141. The molecule has 7 nitrogen and oxygen atoms in total. The number of hydrogen-bond acceptors (Lipinski definition) is 5. The van der Waals surface area contributed by atoms with Gasteiger partial charge in [-0.2, -0.15) is 13.2 Å². The van der Waals surface area contributed by atoms with Crippen molar-refractivity contribution >= 4 is 17.4 Å². The second kappa shape index (κ2) is 7.04. The van der Waals surface area contributed by atoms with Crippen molar-refractivity contribution in [2.45, 2.75) is 13.1 Å². The Morgan fingerprint density at radius 3 is 2.48 bits per heavy atom. The number of hydrogen-bond donors (Lipinski definition) is 2. The molecular weight excluding hydrogens is 418 g/mol. The summed E-state index contributed by atoms with van der Waals surface area (Å²) in [6.07, 6.45) is -3.60. The van der Waals surface area contributed by atoms with Crippen molar-refractivity contribution in [1.82, 2.24) is 19.4 Å². The predicted molar refractivity (Wildman–Crippen MR) is 103 cm³/mol. The van der Waals surface area contributed by atoms with Crippen molar-refractivity contribution in [1.29, 1.82) is 0 Å². The van der Waals surface area contributed by atoms with Gasteiger partial charge in [0.15, 0.2) is 17.2 Å². The van der Waals surface area contributed by atoms with E-state index in [9.17, 15) is 27.5 Å². The Hall–Kier alpha value is -4.02. The third kappa shape index (κ3) is 3.65. The normalized spacial score (nSPS) is 11.8. The van der Waals surface area contributed by atoms with Crippen LogP contribution in [0.15, 0.2) is 42.6 Å². The van der Waals surface area contributed by atoms with E-state index in [4.69, 9.17) is 5.73 Å². The molecule has 3 aromatic heterocycles. The number of aromatic carboxylic acids is 1. The van der Waals surface area contributed by atoms with E-state index in [2.05, 4.69) is 15.0 Å². The predicted octanol–water partition coefficient (Wildman–Crippen LogP) is 4.21. The summed E-state index contributed by atoms with van der Waals surface area (Å²) in [5.74, 6) is -2.12. The van der Waals surface area contributed by atoms with Crippen molar-refractivity contribution in [2.75, 3.05) is 5.73 Å². The number of anilines is 1. The number of nitrogen functional groups attached to an aromatic ring is 1. The standard InChI is InChI=1S/C20H13F4N5O2/c1-9-5-11(7-14(26-9)20(22,23)24)16-15(10-3-2-4-12(21)6-10)28-17(25)18-27-13(19(30)31)8-29(16)18/h2-8H,1H3,(H2,25,28)(H,30,31). The Bertz CT molecular complexity index is 1350. The topological polar surface area (TPSA) is 106 Å². The summed E-state index contributed by atoms with van der Waals surface area (Å²) >= 11 is 0. The number of carboxylic acid groups (broad SMARTS) is 1. The molecule has 11 heteroatoms. The SMILES string of the molecule is Cc1cc(-c2c(-c3cccc(F)c3)nc(N)c3nc(C(=O)O)cn23)cc(C(F)(F)F)n1. The zero-order chi connectivity index (χ0) is 22.5. The number of alkyl halides is 3. The van der Waals surface area contributed by atoms with Crippen LogP contribution >= 0.6 is 0 Å². The number of fused-ring (bicyclic) bond motifs is 1. The van der Waals surface area contributed by atoms with Gasteiger partial charge in [-0.15, -0.1) is 0 Å². The maximum absolute atomic E-state index is 13.9. The summed E-state index contributed by atoms with van der Waals surface area (Å²) in [6.45, 7) is 1.39. The second-order valence-corrected chi connectivity index (χ2v) is 6.71. The lowest BCUT2D eigenvalue weighted by Gasteiger charge is -2.15. The van der Waals surface area contributed by atoms with Gasteiger partial charge in [0.25, 0.3) is 0 Å². The van der Waals surface area contributed by atoms with Crippen LogP contribution in [0.2, 0.25) is 0 Å². The molecular formula is C20H13F4N5O2. The Kier molecular flexibility index (Phi) is 4.60. The van der Waals surface area contributed by atoms with Crippen LogP contribution in [0.5, 0.6) is 0 Å². The third-order valence-corrected chi connectivity index (χ3v) is 4.47. The highest BCUT2D eigenvalue weighted by atomic mass is 19.4. The van der Waals surface area contributed by atoms with Crippen LogP contribution in [0.3, 0.4) is 0 Å². The molecule has 0 spiro atoms. The van der Waals surface area contributed by atoms with Crippen LogP contribution in [-0.4, -0.2) is 30.4 Å². The summed E-state index contributed by atoms with van der Waals surface area (Å²) < 4.78 is 55.3. The Balaban J connectivity index is 2.14. The van der Waals surface area contributed by atoms with Crippen molar-refractivity contribution in [3.8, 4) is 22.5 Å². The first-order chi connectivity index (χ1) is 14.5. The molecule has 4 aromatic rings. The van der Waals surface area contributed by atoms with E-state index in [1.165, 1.54) is 35.6 Å². The summed E-state index contributed by atoms with van der Waals surface area (Å²) in [4.78, 5) is 23.1. The van der Waals surface area contributed by atoms with Crippen LogP contribution in [0.25, 0.3) is 28.2 Å². The van der Waals surface area contributed by atoms with Crippen LogP contribution < -0.4 is 5.73 Å². The highest BCUT2D eigenvalue weighted by Gasteiger charge is 2.33. The van der Waals surface area contributed by atoms with Gasteiger partial charge in [-0.25, -0.2) is 24.1 Å². The van der Waals surface area contributed by atoms with Gasteiger partial charge in [0, 0.05) is 23.0 Å². The number of rotatable bonds is 3. The molecule has 0 unspecified atom stereocenters. The highest BCUT2D eigenvalue weighted by Crippen LogP contribution is 2.37. The molecule has 0 aliphatic rings. The van der Waals surface area contributed by atoms with E-state index in [1.54, 1.807) is 0 Å². The average Bonchev–Trinajstić information content (AvgIpc) is 3.13. The van der Waals surface area contributed by atoms with E-state index in [0.29, 0.717) is 0 Å². The fraction of sp³-hybridized carbons (Fsp3) is 0.100. The van der Waals surface area contributed by atoms with Gasteiger partial charge < -0.3 is 10.8 Å². The molecule has 0 saturated heterocycles. The fourth-order valence-electron chi connectivity index (χ4n) is 3.24. The first-order valence-electron chi connectivity index (χ1n) is 8.78. The fourth-order valence-corrected chi connectivity index (χ4v) is 3.24. The number of nitrogens with zero attached hydrogens (tertiary/aromatic N) is 4. The smallest absolute Gasteiger partial charge is 0.433 e. The van der Waals surface area contributed by atoms with Crippen molar-refractivity contribution in [3.63, 3.8) is 0 Å². The van der Waals surface area contributed by atoms with Gasteiger partial charge in [-0.3, -0.25) is 4.40 Å².